The maximum Gasteiger partial charge on any atom is 0.166 e. The van der Waals surface area contributed by atoms with Gasteiger partial charge < -0.3 is 14.6 Å². The quantitative estimate of drug-likeness (QED) is 0.714. The van der Waals surface area contributed by atoms with Crippen molar-refractivity contribution >= 4 is 51.6 Å². The Morgan fingerprint density at radius 1 is 1.30 bits per heavy atom. The number of morpholine rings is 1. The van der Waals surface area contributed by atoms with Gasteiger partial charge in [0, 0.05) is 29.6 Å². The molecule has 1 fully saturated rings. The maximum absolute atomic E-state index is 6.52. The number of rotatable bonds is 4. The smallest absolute Gasteiger partial charge is 0.166 e. The summed E-state index contributed by atoms with van der Waals surface area (Å²) >= 11 is 9.75. The first-order chi connectivity index (χ1) is 11.3. The SMILES string of the molecule is Clc1c(CSc2nc3cscc3[nH]2)ncnc1N1CCOCC1. The van der Waals surface area contributed by atoms with Crippen molar-refractivity contribution in [1.82, 2.24) is 19.9 Å². The van der Waals surface area contributed by atoms with Crippen LogP contribution in [0.15, 0.2) is 22.2 Å². The van der Waals surface area contributed by atoms with E-state index in [4.69, 9.17) is 16.3 Å². The number of thioether (sulfide) groups is 1. The van der Waals surface area contributed by atoms with Crippen LogP contribution in [0.4, 0.5) is 5.82 Å². The average Bonchev–Trinajstić information content (AvgIpc) is 3.16. The summed E-state index contributed by atoms with van der Waals surface area (Å²) in [4.78, 5) is 18.6. The number of nitrogens with one attached hydrogen (secondary N) is 1. The summed E-state index contributed by atoms with van der Waals surface area (Å²) in [5, 5.41) is 5.59. The number of thiophene rings is 1. The Labute approximate surface area is 146 Å². The van der Waals surface area contributed by atoms with Crippen LogP contribution < -0.4 is 4.90 Å². The van der Waals surface area contributed by atoms with Crippen molar-refractivity contribution in [3.8, 4) is 0 Å². The lowest BCUT2D eigenvalue weighted by Crippen LogP contribution is -2.37. The van der Waals surface area contributed by atoms with E-state index in [0.717, 1.165) is 40.8 Å². The molecule has 1 saturated heterocycles. The van der Waals surface area contributed by atoms with Crippen LogP contribution in [0.5, 0.6) is 0 Å². The van der Waals surface area contributed by atoms with Gasteiger partial charge in [0.1, 0.15) is 16.9 Å². The summed E-state index contributed by atoms with van der Waals surface area (Å²) in [6.45, 7) is 3.01. The maximum atomic E-state index is 6.52. The summed E-state index contributed by atoms with van der Waals surface area (Å²) in [6, 6.07) is 0. The molecule has 0 radical (unpaired) electrons. The summed E-state index contributed by atoms with van der Waals surface area (Å²) in [7, 11) is 0. The number of nitrogens with zero attached hydrogens (tertiary/aromatic N) is 4. The van der Waals surface area contributed by atoms with E-state index >= 15 is 0 Å². The zero-order valence-electron chi connectivity index (χ0n) is 12.2. The average molecular weight is 368 g/mol. The Balaban J connectivity index is 1.50. The zero-order chi connectivity index (χ0) is 15.6. The van der Waals surface area contributed by atoms with Crippen LogP contribution in [0.2, 0.25) is 5.02 Å². The van der Waals surface area contributed by atoms with Crippen LogP contribution in [-0.4, -0.2) is 46.2 Å². The third kappa shape index (κ3) is 3.16. The molecule has 0 amide bonds. The van der Waals surface area contributed by atoms with Crippen molar-refractivity contribution in [2.75, 3.05) is 31.2 Å². The highest BCUT2D eigenvalue weighted by atomic mass is 35.5. The van der Waals surface area contributed by atoms with Crippen molar-refractivity contribution in [1.29, 1.82) is 0 Å². The number of ether oxygens (including phenoxy) is 1. The minimum Gasteiger partial charge on any atom is -0.378 e. The monoisotopic (exact) mass is 367 g/mol. The number of hydrogen-bond acceptors (Lipinski definition) is 7. The molecule has 6 nitrogen and oxygen atoms in total. The molecule has 1 aliphatic rings. The van der Waals surface area contributed by atoms with Gasteiger partial charge in [-0.05, 0) is 0 Å². The van der Waals surface area contributed by atoms with Crippen LogP contribution in [0, 0.1) is 0 Å². The van der Waals surface area contributed by atoms with Gasteiger partial charge in [0.05, 0.1) is 24.4 Å². The minimum atomic E-state index is 0.620. The van der Waals surface area contributed by atoms with Gasteiger partial charge >= 0.3 is 0 Å². The molecule has 3 aromatic rings. The number of hydrogen-bond donors (Lipinski definition) is 1. The first kappa shape index (κ1) is 15.2. The molecule has 0 atom stereocenters. The lowest BCUT2D eigenvalue weighted by molar-refractivity contribution is 0.122. The fraction of sp³-hybridized carbons (Fsp3) is 0.357. The Morgan fingerprint density at radius 2 is 2.17 bits per heavy atom. The first-order valence-corrected chi connectivity index (χ1v) is 9.48. The molecule has 0 saturated carbocycles. The second kappa shape index (κ2) is 6.64. The number of H-pyrrole nitrogens is 1. The number of anilines is 1. The number of aromatic nitrogens is 4. The fourth-order valence-corrected chi connectivity index (χ4v) is 4.31. The Hall–Kier alpha value is -1.35. The molecule has 4 heterocycles. The third-order valence-corrected chi connectivity index (χ3v) is 5.61. The highest BCUT2D eigenvalue weighted by Gasteiger charge is 2.18. The van der Waals surface area contributed by atoms with Gasteiger partial charge in [0.2, 0.25) is 0 Å². The van der Waals surface area contributed by atoms with Gasteiger partial charge in [-0.3, -0.25) is 0 Å². The number of imidazole rings is 1. The molecular weight excluding hydrogens is 354 g/mol. The highest BCUT2D eigenvalue weighted by molar-refractivity contribution is 7.98. The molecule has 3 aromatic heterocycles. The molecule has 1 N–H and O–H groups in total. The van der Waals surface area contributed by atoms with Crippen molar-refractivity contribution in [3.63, 3.8) is 0 Å². The fourth-order valence-electron chi connectivity index (χ4n) is 2.42. The first-order valence-electron chi connectivity index (χ1n) is 7.18. The summed E-state index contributed by atoms with van der Waals surface area (Å²) in [6.07, 6.45) is 1.58. The molecule has 0 unspecified atom stereocenters. The Bertz CT molecular complexity index is 786. The molecule has 23 heavy (non-hydrogen) atoms. The summed E-state index contributed by atoms with van der Waals surface area (Å²) in [5.41, 5.74) is 2.90. The van der Waals surface area contributed by atoms with Crippen molar-refractivity contribution in [2.24, 2.45) is 0 Å². The van der Waals surface area contributed by atoms with Gasteiger partial charge in [0.15, 0.2) is 11.0 Å². The second-order valence-electron chi connectivity index (χ2n) is 5.06. The van der Waals surface area contributed by atoms with Gasteiger partial charge in [-0.15, -0.1) is 11.3 Å². The van der Waals surface area contributed by atoms with Crippen LogP contribution in [0.3, 0.4) is 0 Å². The highest BCUT2D eigenvalue weighted by Crippen LogP contribution is 2.31. The van der Waals surface area contributed by atoms with Gasteiger partial charge in [-0.2, -0.15) is 0 Å². The normalized spacial score (nSPS) is 15.4. The van der Waals surface area contributed by atoms with Crippen molar-refractivity contribution in [2.45, 2.75) is 10.9 Å². The molecule has 1 aliphatic heterocycles. The molecule has 9 heteroatoms. The molecule has 0 aromatic carbocycles. The Morgan fingerprint density at radius 3 is 3.00 bits per heavy atom. The predicted molar refractivity (Wildman–Crippen MR) is 93.6 cm³/mol. The van der Waals surface area contributed by atoms with Crippen LogP contribution in [-0.2, 0) is 10.5 Å². The van der Waals surface area contributed by atoms with E-state index in [1.807, 2.05) is 5.38 Å². The molecule has 0 aliphatic carbocycles. The summed E-state index contributed by atoms with van der Waals surface area (Å²) < 4.78 is 5.37. The number of fused-ring (bicyclic) bond motifs is 1. The second-order valence-corrected chi connectivity index (χ2v) is 7.14. The van der Waals surface area contributed by atoms with E-state index in [0.29, 0.717) is 24.0 Å². The van der Waals surface area contributed by atoms with Gasteiger partial charge in [-0.25, -0.2) is 15.0 Å². The number of halogens is 1. The van der Waals surface area contributed by atoms with E-state index < -0.39 is 0 Å². The molecule has 0 bridgehead atoms. The lowest BCUT2D eigenvalue weighted by Gasteiger charge is -2.28. The molecular formula is C14H14ClN5OS2. The van der Waals surface area contributed by atoms with E-state index in [1.54, 1.807) is 29.4 Å². The van der Waals surface area contributed by atoms with E-state index in [-0.39, 0.29) is 0 Å². The van der Waals surface area contributed by atoms with E-state index in [9.17, 15) is 0 Å². The van der Waals surface area contributed by atoms with Crippen molar-refractivity contribution < 1.29 is 4.74 Å². The lowest BCUT2D eigenvalue weighted by atomic mass is 10.3. The zero-order valence-corrected chi connectivity index (χ0v) is 14.5. The molecule has 0 spiro atoms. The molecule has 4 rings (SSSR count). The minimum absolute atomic E-state index is 0.620. The standard InChI is InChI=1S/C14H14ClN5OS2/c15-12-11(7-23-14-18-9-5-22-6-10(9)19-14)16-8-17-13(12)20-1-3-21-4-2-20/h5-6,8H,1-4,7H2,(H,18,19). The predicted octanol–water partition coefficient (Wildman–Crippen LogP) is 3.20. The van der Waals surface area contributed by atoms with Crippen LogP contribution in [0.25, 0.3) is 11.0 Å². The van der Waals surface area contributed by atoms with E-state index in [2.05, 4.69) is 30.2 Å². The van der Waals surface area contributed by atoms with Gasteiger partial charge in [0.25, 0.3) is 0 Å². The Kier molecular flexibility index (Phi) is 4.39. The van der Waals surface area contributed by atoms with Gasteiger partial charge in [-0.1, -0.05) is 23.4 Å². The topological polar surface area (TPSA) is 66.9 Å². The number of aromatic amines is 1. The largest absolute Gasteiger partial charge is 0.378 e. The van der Waals surface area contributed by atoms with Crippen molar-refractivity contribution in [3.05, 3.63) is 27.8 Å². The molecule has 120 valence electrons. The van der Waals surface area contributed by atoms with Crippen LogP contribution in [0.1, 0.15) is 5.69 Å². The third-order valence-electron chi connectivity index (χ3n) is 3.60. The van der Waals surface area contributed by atoms with E-state index in [1.165, 1.54) is 0 Å². The van der Waals surface area contributed by atoms with Crippen LogP contribution >= 0.6 is 34.7 Å². The summed E-state index contributed by atoms with van der Waals surface area (Å²) in [5.74, 6) is 1.44.